The Morgan fingerprint density at radius 3 is 2.39 bits per heavy atom. The molecule has 5 nitrogen and oxygen atoms in total. The minimum Gasteiger partial charge on any atom is -0.355 e. The predicted molar refractivity (Wildman–Crippen MR) is 66.5 cm³/mol. The summed E-state index contributed by atoms with van der Waals surface area (Å²) in [6, 6.07) is 10.8. The Labute approximate surface area is 106 Å². The van der Waals surface area contributed by atoms with Crippen LogP contribution in [0.2, 0.25) is 0 Å². The first-order valence-electron chi connectivity index (χ1n) is 5.62. The minimum absolute atomic E-state index is 0.149. The molecule has 1 aromatic rings. The number of hydrogen-bond donors (Lipinski definition) is 2. The molecule has 1 atom stereocenters. The van der Waals surface area contributed by atoms with Gasteiger partial charge in [-0.2, -0.15) is 5.26 Å². The van der Waals surface area contributed by atoms with Gasteiger partial charge in [0.2, 0.25) is 11.8 Å². The van der Waals surface area contributed by atoms with E-state index in [1.807, 2.05) is 12.1 Å². The Hall–Kier alpha value is -2.35. The monoisotopic (exact) mass is 245 g/mol. The Bertz CT molecular complexity index is 451. The molecule has 1 unspecified atom stereocenters. The number of hydrogen-bond acceptors (Lipinski definition) is 3. The molecule has 2 amide bonds. The van der Waals surface area contributed by atoms with E-state index in [9.17, 15) is 9.59 Å². The van der Waals surface area contributed by atoms with Gasteiger partial charge in [-0.1, -0.05) is 30.3 Å². The number of nitrogens with zero attached hydrogens (tertiary/aromatic N) is 1. The fourth-order valence-corrected chi connectivity index (χ4v) is 1.46. The Morgan fingerprint density at radius 1 is 1.22 bits per heavy atom. The van der Waals surface area contributed by atoms with Crippen molar-refractivity contribution < 1.29 is 9.59 Å². The first-order valence-corrected chi connectivity index (χ1v) is 5.62. The standard InChI is InChI=1S/C13H15N3O2/c1-10(17)15-7-8-16-13(18)12(9-14)11-5-3-2-4-6-11/h2-6,12H,7-8H2,1H3,(H,15,17)(H,16,18). The number of amides is 2. The van der Waals surface area contributed by atoms with Crippen molar-refractivity contribution in [3.63, 3.8) is 0 Å². The highest BCUT2D eigenvalue weighted by molar-refractivity contribution is 5.86. The molecule has 0 aliphatic heterocycles. The van der Waals surface area contributed by atoms with E-state index in [2.05, 4.69) is 10.6 Å². The molecular weight excluding hydrogens is 230 g/mol. The molecule has 0 saturated heterocycles. The van der Waals surface area contributed by atoms with Crippen molar-refractivity contribution in [3.8, 4) is 6.07 Å². The smallest absolute Gasteiger partial charge is 0.241 e. The van der Waals surface area contributed by atoms with Crippen LogP contribution in [0, 0.1) is 11.3 Å². The highest BCUT2D eigenvalue weighted by atomic mass is 16.2. The number of nitrogens with one attached hydrogen (secondary N) is 2. The van der Waals surface area contributed by atoms with Crippen LogP contribution >= 0.6 is 0 Å². The topological polar surface area (TPSA) is 82.0 Å². The number of nitriles is 1. The van der Waals surface area contributed by atoms with Crippen molar-refractivity contribution in [2.45, 2.75) is 12.8 Å². The Kier molecular flexibility index (Phi) is 5.39. The van der Waals surface area contributed by atoms with Gasteiger partial charge in [0.05, 0.1) is 6.07 Å². The molecule has 0 aliphatic carbocycles. The molecule has 0 fully saturated rings. The van der Waals surface area contributed by atoms with Crippen molar-refractivity contribution in [2.75, 3.05) is 13.1 Å². The van der Waals surface area contributed by atoms with Gasteiger partial charge in [0.15, 0.2) is 0 Å². The van der Waals surface area contributed by atoms with Gasteiger partial charge >= 0.3 is 0 Å². The third kappa shape index (κ3) is 4.26. The summed E-state index contributed by atoms with van der Waals surface area (Å²) in [5.74, 6) is -1.32. The van der Waals surface area contributed by atoms with Crippen LogP contribution in [0.1, 0.15) is 18.4 Å². The summed E-state index contributed by atoms with van der Waals surface area (Å²) < 4.78 is 0. The van der Waals surface area contributed by atoms with Crippen LogP contribution in [0.4, 0.5) is 0 Å². The molecule has 1 rings (SSSR count). The molecule has 0 spiro atoms. The van der Waals surface area contributed by atoms with Crippen LogP contribution in [0.3, 0.4) is 0 Å². The molecule has 0 radical (unpaired) electrons. The summed E-state index contributed by atoms with van der Waals surface area (Å²) in [5, 5.41) is 14.2. The maximum Gasteiger partial charge on any atom is 0.241 e. The summed E-state index contributed by atoms with van der Waals surface area (Å²) in [5.41, 5.74) is 0.664. The molecule has 0 aromatic heterocycles. The van der Waals surface area contributed by atoms with Crippen LogP contribution in [0.15, 0.2) is 30.3 Å². The van der Waals surface area contributed by atoms with Gasteiger partial charge in [-0.3, -0.25) is 9.59 Å². The van der Waals surface area contributed by atoms with E-state index < -0.39 is 5.92 Å². The molecule has 18 heavy (non-hydrogen) atoms. The average molecular weight is 245 g/mol. The van der Waals surface area contributed by atoms with Crippen LogP contribution < -0.4 is 10.6 Å². The molecule has 94 valence electrons. The van der Waals surface area contributed by atoms with Gasteiger partial charge in [0.1, 0.15) is 5.92 Å². The van der Waals surface area contributed by atoms with E-state index in [-0.39, 0.29) is 11.8 Å². The molecular formula is C13H15N3O2. The summed E-state index contributed by atoms with van der Waals surface area (Å²) >= 11 is 0. The van der Waals surface area contributed by atoms with Gasteiger partial charge in [-0.25, -0.2) is 0 Å². The lowest BCUT2D eigenvalue weighted by atomic mass is 10.00. The highest BCUT2D eigenvalue weighted by Crippen LogP contribution is 2.14. The average Bonchev–Trinajstić information content (AvgIpc) is 2.36. The summed E-state index contributed by atoms with van der Waals surface area (Å²) in [6.45, 7) is 2.07. The van der Waals surface area contributed by atoms with Gasteiger partial charge in [-0.15, -0.1) is 0 Å². The second-order valence-corrected chi connectivity index (χ2v) is 3.75. The molecule has 2 N–H and O–H groups in total. The van der Waals surface area contributed by atoms with E-state index in [0.717, 1.165) is 0 Å². The third-order valence-corrected chi connectivity index (χ3v) is 2.32. The predicted octanol–water partition coefficient (Wildman–Crippen LogP) is 0.546. The maximum atomic E-state index is 11.8. The maximum absolute atomic E-state index is 11.8. The highest BCUT2D eigenvalue weighted by Gasteiger charge is 2.18. The van der Waals surface area contributed by atoms with Crippen molar-refractivity contribution in [1.29, 1.82) is 5.26 Å². The zero-order valence-electron chi connectivity index (χ0n) is 10.1. The van der Waals surface area contributed by atoms with E-state index in [0.29, 0.717) is 18.7 Å². The van der Waals surface area contributed by atoms with Crippen molar-refractivity contribution in [1.82, 2.24) is 10.6 Å². The SMILES string of the molecule is CC(=O)NCCNC(=O)C(C#N)c1ccccc1. The minimum atomic E-state index is -0.816. The molecule has 1 aromatic carbocycles. The molecule has 5 heteroatoms. The number of benzene rings is 1. The summed E-state index contributed by atoms with van der Waals surface area (Å²) in [6.07, 6.45) is 0. The van der Waals surface area contributed by atoms with Gasteiger partial charge in [-0.05, 0) is 5.56 Å². The lowest BCUT2D eigenvalue weighted by Gasteiger charge is -2.10. The number of rotatable bonds is 5. The normalized spacial score (nSPS) is 11.1. The molecule has 0 aliphatic rings. The lowest BCUT2D eigenvalue weighted by molar-refractivity contribution is -0.122. The second-order valence-electron chi connectivity index (χ2n) is 3.75. The van der Waals surface area contributed by atoms with Gasteiger partial charge in [0.25, 0.3) is 0 Å². The Morgan fingerprint density at radius 2 is 1.83 bits per heavy atom. The van der Waals surface area contributed by atoms with Gasteiger partial charge in [0, 0.05) is 20.0 Å². The molecule has 0 saturated carbocycles. The van der Waals surface area contributed by atoms with Crippen LogP contribution in [0.25, 0.3) is 0 Å². The molecule has 0 bridgehead atoms. The fraction of sp³-hybridized carbons (Fsp3) is 0.308. The molecule has 0 heterocycles. The van der Waals surface area contributed by atoms with Crippen molar-refractivity contribution in [3.05, 3.63) is 35.9 Å². The van der Waals surface area contributed by atoms with E-state index in [1.54, 1.807) is 24.3 Å². The van der Waals surface area contributed by atoms with E-state index in [4.69, 9.17) is 5.26 Å². The zero-order valence-corrected chi connectivity index (χ0v) is 10.1. The summed E-state index contributed by atoms with van der Waals surface area (Å²) in [7, 11) is 0. The van der Waals surface area contributed by atoms with E-state index >= 15 is 0 Å². The van der Waals surface area contributed by atoms with Crippen molar-refractivity contribution in [2.24, 2.45) is 0 Å². The van der Waals surface area contributed by atoms with Gasteiger partial charge < -0.3 is 10.6 Å². The lowest BCUT2D eigenvalue weighted by Crippen LogP contribution is -2.36. The van der Waals surface area contributed by atoms with Crippen LogP contribution in [0.5, 0.6) is 0 Å². The van der Waals surface area contributed by atoms with Crippen LogP contribution in [-0.4, -0.2) is 24.9 Å². The largest absolute Gasteiger partial charge is 0.355 e. The number of carbonyl (C=O) groups excluding carboxylic acids is 2. The van der Waals surface area contributed by atoms with E-state index in [1.165, 1.54) is 6.92 Å². The number of carbonyl (C=O) groups is 2. The summed E-state index contributed by atoms with van der Waals surface area (Å²) in [4.78, 5) is 22.4. The quantitative estimate of drug-likeness (QED) is 0.743. The Balaban J connectivity index is 2.49. The third-order valence-electron chi connectivity index (χ3n) is 2.32. The van der Waals surface area contributed by atoms with Crippen LogP contribution in [-0.2, 0) is 9.59 Å². The first-order chi connectivity index (χ1) is 8.65. The van der Waals surface area contributed by atoms with Crippen molar-refractivity contribution >= 4 is 11.8 Å². The second kappa shape index (κ2) is 7.07. The first kappa shape index (κ1) is 13.7. The zero-order chi connectivity index (χ0) is 13.4. The fourth-order valence-electron chi connectivity index (χ4n) is 1.46.